The van der Waals surface area contributed by atoms with Crippen molar-refractivity contribution in [2.24, 2.45) is 11.5 Å². The Hall–Kier alpha value is -3.85. The van der Waals surface area contributed by atoms with Gasteiger partial charge in [-0.1, -0.05) is 35.9 Å². The zero-order chi connectivity index (χ0) is 26.4. The first-order chi connectivity index (χ1) is 18.4. The number of aromatic amines is 1. The maximum atomic E-state index is 13.2. The molecule has 6 N–H and O–H groups in total. The third-order valence-corrected chi connectivity index (χ3v) is 7.43. The summed E-state index contributed by atoms with van der Waals surface area (Å²) in [6.07, 6.45) is 7.61. The van der Waals surface area contributed by atoms with Crippen LogP contribution in [0.4, 0.5) is 4.39 Å². The standard InChI is InChI=1S/C15H14N4.C14H12ClFN2O/c16-13-6-12(13)10-3-4-14(17-7-10)9-1-2-11-8-18-19-15(11)5-9;15-10-3-8(4-13(19)14(10)16)12-2-1-7(6-18-12)9-5-11(9)17/h1-5,7-8,12-13H,6,16H2,(H,18,19);1-4,6,9,11,19H,5,17H2/t12-,13+;9-,11+/m00/s1. The molecule has 0 unspecified atom stereocenters. The number of halogens is 2. The van der Waals surface area contributed by atoms with Crippen molar-refractivity contribution in [3.63, 3.8) is 0 Å². The monoisotopic (exact) mass is 528 g/mol. The molecule has 4 atom stereocenters. The van der Waals surface area contributed by atoms with E-state index in [1.54, 1.807) is 6.20 Å². The van der Waals surface area contributed by atoms with Crippen LogP contribution in [0.2, 0.25) is 5.02 Å². The Morgan fingerprint density at radius 2 is 1.42 bits per heavy atom. The highest BCUT2D eigenvalue weighted by Gasteiger charge is 2.35. The Labute approximate surface area is 223 Å². The first-order valence-electron chi connectivity index (χ1n) is 12.4. The number of nitrogens with zero attached hydrogens (tertiary/aromatic N) is 3. The predicted octanol–water partition coefficient (Wildman–Crippen LogP) is 5.50. The lowest BCUT2D eigenvalue weighted by Crippen LogP contribution is -2.01. The van der Waals surface area contributed by atoms with Gasteiger partial charge in [-0.15, -0.1) is 0 Å². The van der Waals surface area contributed by atoms with E-state index in [4.69, 9.17) is 23.1 Å². The minimum atomic E-state index is -0.814. The molecule has 7 rings (SSSR count). The molecule has 0 aliphatic heterocycles. The highest BCUT2D eigenvalue weighted by molar-refractivity contribution is 6.31. The zero-order valence-electron chi connectivity index (χ0n) is 20.4. The lowest BCUT2D eigenvalue weighted by molar-refractivity contribution is 0.433. The van der Waals surface area contributed by atoms with Crippen LogP contribution in [0.15, 0.2) is 73.2 Å². The molecule has 7 nitrogen and oxygen atoms in total. The fraction of sp³-hybridized carbons (Fsp3) is 0.207. The zero-order valence-corrected chi connectivity index (χ0v) is 21.1. The van der Waals surface area contributed by atoms with Gasteiger partial charge in [0.1, 0.15) is 0 Å². The number of aromatic nitrogens is 4. The number of hydrogen-bond acceptors (Lipinski definition) is 6. The van der Waals surface area contributed by atoms with E-state index >= 15 is 0 Å². The maximum Gasteiger partial charge on any atom is 0.183 e. The number of nitrogens with one attached hydrogen (secondary N) is 1. The van der Waals surface area contributed by atoms with E-state index in [2.05, 4.69) is 50.5 Å². The summed E-state index contributed by atoms with van der Waals surface area (Å²) in [5.41, 5.74) is 18.3. The molecule has 3 heterocycles. The van der Waals surface area contributed by atoms with Crippen molar-refractivity contribution in [3.8, 4) is 28.3 Å². The average Bonchev–Trinajstić information content (AvgIpc) is 3.80. The van der Waals surface area contributed by atoms with Gasteiger partial charge >= 0.3 is 0 Å². The lowest BCUT2D eigenvalue weighted by Gasteiger charge is -2.05. The van der Waals surface area contributed by atoms with Crippen LogP contribution in [-0.4, -0.2) is 37.4 Å². The molecule has 2 aliphatic carbocycles. The summed E-state index contributed by atoms with van der Waals surface area (Å²) in [5.74, 6) is -0.382. The van der Waals surface area contributed by atoms with Crippen LogP contribution in [-0.2, 0) is 0 Å². The van der Waals surface area contributed by atoms with Gasteiger partial charge in [0.05, 0.1) is 28.1 Å². The van der Waals surface area contributed by atoms with Crippen LogP contribution in [0.3, 0.4) is 0 Å². The Balaban J connectivity index is 0.000000139. The smallest absolute Gasteiger partial charge is 0.183 e. The van der Waals surface area contributed by atoms with E-state index < -0.39 is 11.6 Å². The first-order valence-corrected chi connectivity index (χ1v) is 12.8. The fourth-order valence-corrected chi connectivity index (χ4v) is 4.82. The number of benzene rings is 2. The summed E-state index contributed by atoms with van der Waals surface area (Å²) < 4.78 is 13.2. The van der Waals surface area contributed by atoms with E-state index in [1.807, 2.05) is 24.5 Å². The van der Waals surface area contributed by atoms with Crippen molar-refractivity contribution in [1.29, 1.82) is 0 Å². The van der Waals surface area contributed by atoms with Crippen LogP contribution in [0.5, 0.6) is 5.75 Å². The summed E-state index contributed by atoms with van der Waals surface area (Å²) in [5, 5.41) is 17.4. The van der Waals surface area contributed by atoms with Gasteiger partial charge in [0.25, 0.3) is 0 Å². The van der Waals surface area contributed by atoms with E-state index in [9.17, 15) is 9.50 Å². The Morgan fingerprint density at radius 3 is 1.95 bits per heavy atom. The Bertz CT molecular complexity index is 1580. The molecule has 9 heteroatoms. The first kappa shape index (κ1) is 24.5. The normalized spacial score (nSPS) is 21.6. The number of H-pyrrole nitrogens is 1. The quantitative estimate of drug-likeness (QED) is 0.244. The van der Waals surface area contributed by atoms with Gasteiger partial charge in [-0.2, -0.15) is 5.10 Å². The van der Waals surface area contributed by atoms with Gasteiger partial charge in [-0.3, -0.25) is 15.1 Å². The molecule has 192 valence electrons. The van der Waals surface area contributed by atoms with E-state index in [1.165, 1.54) is 17.7 Å². The Morgan fingerprint density at radius 1 is 0.816 bits per heavy atom. The van der Waals surface area contributed by atoms with Crippen molar-refractivity contribution in [1.82, 2.24) is 20.2 Å². The molecule has 0 amide bonds. The highest BCUT2D eigenvalue weighted by Crippen LogP contribution is 2.40. The second kappa shape index (κ2) is 9.79. The van der Waals surface area contributed by atoms with Gasteiger partial charge < -0.3 is 16.6 Å². The van der Waals surface area contributed by atoms with Crippen LogP contribution in [0.25, 0.3) is 33.4 Å². The molecule has 0 radical (unpaired) electrons. The maximum absolute atomic E-state index is 13.2. The molecule has 0 spiro atoms. The fourth-order valence-electron chi connectivity index (χ4n) is 4.61. The number of nitrogens with two attached hydrogens (primary N) is 2. The Kier molecular flexibility index (Phi) is 6.31. The van der Waals surface area contributed by atoms with Gasteiger partial charge in [0, 0.05) is 52.8 Å². The van der Waals surface area contributed by atoms with Crippen LogP contribution in [0, 0.1) is 5.82 Å². The summed E-state index contributed by atoms with van der Waals surface area (Å²) in [7, 11) is 0. The number of rotatable bonds is 4. The lowest BCUT2D eigenvalue weighted by atomic mass is 10.1. The molecular formula is C29H26ClFN6O. The number of phenolic OH excluding ortho intramolecular Hbond substituents is 1. The van der Waals surface area contributed by atoms with E-state index in [-0.39, 0.29) is 11.1 Å². The number of hydrogen-bond donors (Lipinski definition) is 4. The molecule has 2 fully saturated rings. The number of phenols is 1. The van der Waals surface area contributed by atoms with Gasteiger partial charge in [0.15, 0.2) is 11.6 Å². The molecule has 0 saturated heterocycles. The SMILES string of the molecule is N[C@@H]1C[C@H]1c1ccc(-c2cc(O)c(F)c(Cl)c2)nc1.N[C@@H]1C[C@H]1c1ccc(-c2ccc3cn[nH]c3c2)nc1. The topological polar surface area (TPSA) is 127 Å². The molecule has 3 aromatic heterocycles. The summed E-state index contributed by atoms with van der Waals surface area (Å²) in [6, 6.07) is 17.5. The highest BCUT2D eigenvalue weighted by atomic mass is 35.5. The summed E-state index contributed by atoms with van der Waals surface area (Å²) in [4.78, 5) is 8.85. The van der Waals surface area contributed by atoms with Crippen molar-refractivity contribution < 1.29 is 9.50 Å². The van der Waals surface area contributed by atoms with Gasteiger partial charge in [0.2, 0.25) is 0 Å². The number of pyridine rings is 2. The third-order valence-electron chi connectivity index (χ3n) is 7.15. The van der Waals surface area contributed by atoms with Crippen molar-refractivity contribution >= 4 is 22.5 Å². The predicted molar refractivity (Wildman–Crippen MR) is 146 cm³/mol. The average molecular weight is 529 g/mol. The third kappa shape index (κ3) is 4.98. The second-order valence-electron chi connectivity index (χ2n) is 9.93. The molecular weight excluding hydrogens is 503 g/mol. The minimum Gasteiger partial charge on any atom is -0.505 e. The van der Waals surface area contributed by atoms with Crippen LogP contribution < -0.4 is 11.5 Å². The number of fused-ring (bicyclic) bond motifs is 1. The summed E-state index contributed by atoms with van der Waals surface area (Å²) >= 11 is 5.70. The summed E-state index contributed by atoms with van der Waals surface area (Å²) in [6.45, 7) is 0. The number of aromatic hydroxyl groups is 1. The van der Waals surface area contributed by atoms with E-state index in [0.29, 0.717) is 29.1 Å². The molecule has 2 saturated carbocycles. The van der Waals surface area contributed by atoms with Crippen molar-refractivity contribution in [2.75, 3.05) is 0 Å². The molecule has 5 aromatic rings. The molecule has 2 aliphatic rings. The van der Waals surface area contributed by atoms with Gasteiger partial charge in [-0.05, 0) is 54.3 Å². The van der Waals surface area contributed by atoms with Crippen molar-refractivity contribution in [3.05, 3.63) is 95.2 Å². The van der Waals surface area contributed by atoms with Gasteiger partial charge in [-0.25, -0.2) is 4.39 Å². The van der Waals surface area contributed by atoms with Crippen LogP contribution in [0.1, 0.15) is 35.8 Å². The molecule has 38 heavy (non-hydrogen) atoms. The second-order valence-corrected chi connectivity index (χ2v) is 10.3. The molecule has 0 bridgehead atoms. The van der Waals surface area contributed by atoms with E-state index in [0.717, 1.165) is 40.6 Å². The minimum absolute atomic E-state index is 0.120. The van der Waals surface area contributed by atoms with Crippen LogP contribution >= 0.6 is 11.6 Å². The molecule has 2 aromatic carbocycles. The van der Waals surface area contributed by atoms with Crippen molar-refractivity contribution in [2.45, 2.75) is 36.8 Å². The largest absolute Gasteiger partial charge is 0.505 e.